The topological polar surface area (TPSA) is 89.9 Å². The van der Waals surface area contributed by atoms with Gasteiger partial charge in [0.25, 0.3) is 5.91 Å². The van der Waals surface area contributed by atoms with Gasteiger partial charge in [-0.1, -0.05) is 37.5 Å². The highest BCUT2D eigenvalue weighted by Gasteiger charge is 2.29. The molecule has 1 saturated carbocycles. The summed E-state index contributed by atoms with van der Waals surface area (Å²) in [5, 5.41) is 8.69. The molecule has 3 aromatic rings. The molecule has 0 saturated heterocycles. The van der Waals surface area contributed by atoms with Crippen molar-refractivity contribution in [2.24, 2.45) is 11.7 Å². The number of benzene rings is 1. The molecule has 1 aliphatic rings. The van der Waals surface area contributed by atoms with Crippen LogP contribution >= 0.6 is 0 Å². The number of amides is 1. The molecule has 0 radical (unpaired) electrons. The van der Waals surface area contributed by atoms with Crippen LogP contribution < -0.4 is 10.5 Å². The molecule has 4 rings (SSSR count). The molecular weight excluding hydrogens is 423 g/mol. The molecule has 2 aromatic heterocycles. The van der Waals surface area contributed by atoms with E-state index in [0.717, 1.165) is 0 Å². The summed E-state index contributed by atoms with van der Waals surface area (Å²) in [5.74, 6) is 0.0292. The fourth-order valence-corrected chi connectivity index (χ4v) is 3.69. The van der Waals surface area contributed by atoms with Crippen LogP contribution in [-0.4, -0.2) is 39.8 Å². The van der Waals surface area contributed by atoms with Crippen LogP contribution in [0.25, 0.3) is 16.8 Å². The molecule has 1 aliphatic carbocycles. The number of hydrogen-bond acceptors (Lipinski definition) is 4. The summed E-state index contributed by atoms with van der Waals surface area (Å²) in [6.07, 6.45) is 5.27. The second-order valence-corrected chi connectivity index (χ2v) is 7.73. The Bertz CT molecular complexity index is 1040. The van der Waals surface area contributed by atoms with Gasteiger partial charge in [-0.3, -0.25) is 4.79 Å². The van der Waals surface area contributed by atoms with Crippen LogP contribution in [0.15, 0.2) is 48.8 Å². The Balaban J connectivity index is 0.000000305. The summed E-state index contributed by atoms with van der Waals surface area (Å²) in [6.45, 7) is -0.978. The Morgan fingerprint density at radius 3 is 2.44 bits per heavy atom. The first kappa shape index (κ1) is 23.6. The molecule has 1 fully saturated rings. The SMILES string of the molecule is NC(=O)c1cn2cccc(-c3ccccc3OCC(F)(F)F)c2n1.OCC1CCCCC1. The molecule has 1 amide bonds. The first-order chi connectivity index (χ1) is 15.3. The van der Waals surface area contributed by atoms with Gasteiger partial charge in [-0.05, 0) is 37.0 Å². The van der Waals surface area contributed by atoms with E-state index in [1.807, 2.05) is 0 Å². The van der Waals surface area contributed by atoms with Crippen LogP contribution in [-0.2, 0) is 0 Å². The lowest BCUT2D eigenvalue weighted by molar-refractivity contribution is -0.153. The molecule has 0 atom stereocenters. The van der Waals surface area contributed by atoms with Crippen molar-refractivity contribution >= 4 is 11.6 Å². The normalized spacial score (nSPS) is 14.6. The van der Waals surface area contributed by atoms with E-state index in [1.54, 1.807) is 40.9 Å². The number of nitrogens with zero attached hydrogens (tertiary/aromatic N) is 2. The van der Waals surface area contributed by atoms with Gasteiger partial charge in [-0.25, -0.2) is 4.98 Å². The van der Waals surface area contributed by atoms with Gasteiger partial charge >= 0.3 is 6.18 Å². The number of halogens is 3. The van der Waals surface area contributed by atoms with Crippen LogP contribution in [0.4, 0.5) is 13.2 Å². The molecule has 1 aromatic carbocycles. The number of hydrogen-bond donors (Lipinski definition) is 2. The van der Waals surface area contributed by atoms with Crippen LogP contribution in [0.3, 0.4) is 0 Å². The lowest BCUT2D eigenvalue weighted by atomic mass is 9.90. The number of aliphatic hydroxyl groups is 1. The number of primary amides is 1. The predicted octanol–water partition coefficient (Wildman–Crippen LogP) is 4.60. The number of rotatable bonds is 5. The minimum atomic E-state index is -4.44. The number of pyridine rings is 1. The Hall–Kier alpha value is -3.07. The highest BCUT2D eigenvalue weighted by atomic mass is 19.4. The Morgan fingerprint density at radius 2 is 1.81 bits per heavy atom. The van der Waals surface area contributed by atoms with E-state index in [-0.39, 0.29) is 11.4 Å². The molecule has 0 spiro atoms. The average Bonchev–Trinajstić information content (AvgIpc) is 3.23. The van der Waals surface area contributed by atoms with Crippen LogP contribution in [0.5, 0.6) is 5.75 Å². The minimum Gasteiger partial charge on any atom is -0.483 e. The summed E-state index contributed by atoms with van der Waals surface area (Å²) < 4.78 is 43.8. The number of fused-ring (bicyclic) bond motifs is 1. The maximum Gasteiger partial charge on any atom is 0.422 e. The van der Waals surface area contributed by atoms with Gasteiger partial charge in [0, 0.05) is 30.1 Å². The molecule has 6 nitrogen and oxygen atoms in total. The quantitative estimate of drug-likeness (QED) is 0.596. The third kappa shape index (κ3) is 6.23. The lowest BCUT2D eigenvalue weighted by Crippen LogP contribution is -2.19. The monoisotopic (exact) mass is 449 g/mol. The number of para-hydroxylation sites is 1. The molecule has 2 heterocycles. The fraction of sp³-hybridized carbons (Fsp3) is 0.391. The third-order valence-electron chi connectivity index (χ3n) is 5.29. The smallest absolute Gasteiger partial charge is 0.422 e. The molecule has 9 heteroatoms. The standard InChI is InChI=1S/C16H12F3N3O2.C7H14O/c17-16(18,19)9-24-13-6-2-1-4-10(13)11-5-3-7-22-8-12(14(20)23)21-15(11)22;8-6-7-4-2-1-3-5-7/h1-8H,9H2,(H2,20,23);7-8H,1-6H2. The Kier molecular flexibility index (Phi) is 7.74. The highest BCUT2D eigenvalue weighted by Crippen LogP contribution is 2.33. The number of aliphatic hydroxyl groups excluding tert-OH is 1. The zero-order chi connectivity index (χ0) is 23.1. The summed E-state index contributed by atoms with van der Waals surface area (Å²) in [6, 6.07) is 9.70. The van der Waals surface area contributed by atoms with Crippen molar-refractivity contribution in [3.8, 4) is 16.9 Å². The van der Waals surface area contributed by atoms with Gasteiger partial charge in [0.1, 0.15) is 17.1 Å². The van der Waals surface area contributed by atoms with Crippen molar-refractivity contribution in [1.29, 1.82) is 0 Å². The van der Waals surface area contributed by atoms with E-state index in [1.165, 1.54) is 44.4 Å². The molecule has 0 aliphatic heterocycles. The van der Waals surface area contributed by atoms with E-state index in [4.69, 9.17) is 15.6 Å². The third-order valence-corrected chi connectivity index (χ3v) is 5.29. The second kappa shape index (κ2) is 10.5. The second-order valence-electron chi connectivity index (χ2n) is 7.73. The molecule has 3 N–H and O–H groups in total. The summed E-state index contributed by atoms with van der Waals surface area (Å²) >= 11 is 0. The number of carbonyl (C=O) groups excluding carboxylic acids is 1. The van der Waals surface area contributed by atoms with Crippen LogP contribution in [0.2, 0.25) is 0 Å². The van der Waals surface area contributed by atoms with E-state index >= 15 is 0 Å². The number of ether oxygens (including phenoxy) is 1. The number of nitrogens with two attached hydrogens (primary N) is 1. The summed E-state index contributed by atoms with van der Waals surface area (Å²) in [7, 11) is 0. The number of aromatic nitrogens is 2. The van der Waals surface area contributed by atoms with Crippen molar-refractivity contribution in [3.05, 3.63) is 54.5 Å². The molecular formula is C23H26F3N3O3. The molecule has 0 unspecified atom stereocenters. The fourth-order valence-electron chi connectivity index (χ4n) is 3.69. The first-order valence-electron chi connectivity index (χ1n) is 10.5. The average molecular weight is 449 g/mol. The minimum absolute atomic E-state index is 0.0659. The predicted molar refractivity (Wildman–Crippen MR) is 114 cm³/mol. The van der Waals surface area contributed by atoms with Crippen LogP contribution in [0, 0.1) is 5.92 Å². The van der Waals surface area contributed by atoms with Gasteiger partial charge in [0.05, 0.1) is 0 Å². The zero-order valence-corrected chi connectivity index (χ0v) is 17.5. The van der Waals surface area contributed by atoms with E-state index in [9.17, 15) is 18.0 Å². The highest BCUT2D eigenvalue weighted by molar-refractivity contribution is 5.92. The number of alkyl halides is 3. The van der Waals surface area contributed by atoms with E-state index < -0.39 is 18.7 Å². The Labute approximate surface area is 183 Å². The summed E-state index contributed by atoms with van der Waals surface area (Å²) in [4.78, 5) is 15.4. The van der Waals surface area contributed by atoms with Crippen LogP contribution in [0.1, 0.15) is 42.6 Å². The van der Waals surface area contributed by atoms with E-state index in [0.29, 0.717) is 29.3 Å². The van der Waals surface area contributed by atoms with Crippen molar-refractivity contribution in [3.63, 3.8) is 0 Å². The van der Waals surface area contributed by atoms with Gasteiger partial charge in [-0.15, -0.1) is 0 Å². The van der Waals surface area contributed by atoms with Crippen molar-refractivity contribution < 1.29 is 27.8 Å². The first-order valence-corrected chi connectivity index (χ1v) is 10.5. The van der Waals surface area contributed by atoms with Crippen molar-refractivity contribution in [2.45, 2.75) is 38.3 Å². The van der Waals surface area contributed by atoms with E-state index in [2.05, 4.69) is 4.98 Å². The maximum absolute atomic E-state index is 12.4. The number of imidazole rings is 1. The molecule has 0 bridgehead atoms. The number of carbonyl (C=O) groups is 1. The van der Waals surface area contributed by atoms with Crippen molar-refractivity contribution in [2.75, 3.05) is 13.2 Å². The molecule has 32 heavy (non-hydrogen) atoms. The van der Waals surface area contributed by atoms with Crippen molar-refractivity contribution in [1.82, 2.24) is 9.38 Å². The van der Waals surface area contributed by atoms with Gasteiger partial charge < -0.3 is 20.0 Å². The maximum atomic E-state index is 12.4. The van der Waals surface area contributed by atoms with Gasteiger partial charge in [-0.2, -0.15) is 13.2 Å². The largest absolute Gasteiger partial charge is 0.483 e. The Morgan fingerprint density at radius 1 is 1.12 bits per heavy atom. The summed E-state index contributed by atoms with van der Waals surface area (Å²) in [5.41, 5.74) is 6.66. The lowest BCUT2D eigenvalue weighted by Gasteiger charge is -2.18. The van der Waals surface area contributed by atoms with Gasteiger partial charge in [0.2, 0.25) is 0 Å². The zero-order valence-electron chi connectivity index (χ0n) is 17.5. The van der Waals surface area contributed by atoms with Gasteiger partial charge in [0.15, 0.2) is 6.61 Å². The molecule has 172 valence electrons.